The lowest BCUT2D eigenvalue weighted by atomic mass is 9.91. The number of aromatic nitrogens is 6. The summed E-state index contributed by atoms with van der Waals surface area (Å²) in [5.41, 5.74) is 12.7. The van der Waals surface area contributed by atoms with Gasteiger partial charge in [-0.05, 0) is 124 Å². The Morgan fingerprint density at radius 2 is 1.64 bits per heavy atom. The number of hydrogen-bond donors (Lipinski definition) is 3. The van der Waals surface area contributed by atoms with Crippen molar-refractivity contribution < 1.29 is 14.7 Å². The van der Waals surface area contributed by atoms with Gasteiger partial charge in [-0.2, -0.15) is 0 Å². The van der Waals surface area contributed by atoms with Gasteiger partial charge in [0, 0.05) is 66.5 Å². The third-order valence-corrected chi connectivity index (χ3v) is 12.8. The first-order valence-corrected chi connectivity index (χ1v) is 20.6. The normalized spacial score (nSPS) is 21.6. The molecule has 0 aliphatic carbocycles. The van der Waals surface area contributed by atoms with Crippen LogP contribution in [0.4, 0.5) is 17.5 Å². The lowest BCUT2D eigenvalue weighted by Crippen LogP contribution is -2.54. The number of phenolic OH excluding ortho intramolecular Hbond substituents is 1. The number of likely N-dealkylation sites (tertiary alicyclic amines) is 1. The SMILES string of the molecule is Nc1nnc(-c2ccccc2O)cc1N1CC2CCC(C1)N2c1ncc(C2CCN(CCCc3ccc4c(c3)c3cccnc3n4C3CCC(=O)NC3=O)CC2)cn1. The molecule has 2 amide bonds. The fourth-order valence-corrected chi connectivity index (χ4v) is 9.89. The number of nitrogens with two attached hydrogens (primary N) is 1. The third kappa shape index (κ3) is 6.64. The molecular weight excluding hydrogens is 731 g/mol. The molecule has 4 saturated heterocycles. The molecule has 0 spiro atoms. The zero-order valence-electron chi connectivity index (χ0n) is 32.4. The molecule has 4 aromatic heterocycles. The van der Waals surface area contributed by atoms with Crippen molar-refractivity contribution in [2.45, 2.75) is 75.4 Å². The summed E-state index contributed by atoms with van der Waals surface area (Å²) < 4.78 is 2.01. The number of phenols is 1. The zero-order chi connectivity index (χ0) is 39.3. The lowest BCUT2D eigenvalue weighted by molar-refractivity contribution is -0.135. The molecule has 296 valence electrons. The van der Waals surface area contributed by atoms with Crippen LogP contribution in [0.3, 0.4) is 0 Å². The van der Waals surface area contributed by atoms with Crippen molar-refractivity contribution in [3.05, 3.63) is 90.4 Å². The fraction of sp³-hybridized carbons (Fsp3) is 0.386. The van der Waals surface area contributed by atoms with Gasteiger partial charge in [-0.15, -0.1) is 10.2 Å². The minimum Gasteiger partial charge on any atom is -0.507 e. The summed E-state index contributed by atoms with van der Waals surface area (Å²) in [6.07, 6.45) is 13.0. The van der Waals surface area contributed by atoms with Gasteiger partial charge in [-0.1, -0.05) is 18.2 Å². The number of aryl methyl sites for hydroxylation is 1. The first-order chi connectivity index (χ1) is 28.4. The van der Waals surface area contributed by atoms with Crippen molar-refractivity contribution in [1.29, 1.82) is 0 Å². The number of nitrogens with one attached hydrogen (secondary N) is 1. The summed E-state index contributed by atoms with van der Waals surface area (Å²) in [5, 5.41) is 23.6. The maximum atomic E-state index is 12.8. The van der Waals surface area contributed by atoms with Crippen molar-refractivity contribution in [2.75, 3.05) is 48.3 Å². The molecule has 14 heteroatoms. The Bertz CT molecular complexity index is 2500. The number of imide groups is 1. The van der Waals surface area contributed by atoms with Crippen LogP contribution in [0, 0.1) is 0 Å². The van der Waals surface area contributed by atoms with Crippen LogP contribution < -0.4 is 20.9 Å². The van der Waals surface area contributed by atoms with Gasteiger partial charge in [0.1, 0.15) is 17.4 Å². The van der Waals surface area contributed by atoms with E-state index < -0.39 is 6.04 Å². The van der Waals surface area contributed by atoms with Gasteiger partial charge >= 0.3 is 0 Å². The number of anilines is 3. The summed E-state index contributed by atoms with van der Waals surface area (Å²) in [5.74, 6) is 1.35. The average Bonchev–Trinajstić information content (AvgIpc) is 3.71. The standard InChI is InChI=1S/C44H47N11O3/c45-41-38(22-35(50-51-41)33-6-1-2-8-39(33)56)53-25-30-10-11-31(26-53)54(30)44-47-23-29(24-48-44)28-15-19-52(20-16-28)18-4-5-27-9-12-36-34(21-27)32-7-3-17-46-42(32)55(36)37-13-14-40(57)49-43(37)58/h1-3,6-9,12,17,21-24,28,30-31,37,56H,4-5,10-11,13-16,18-20,25-26H2,(H2,45,51)(H,49,57,58). The van der Waals surface area contributed by atoms with Gasteiger partial charge in [0.2, 0.25) is 17.8 Å². The molecule has 58 heavy (non-hydrogen) atoms. The number of carbonyl (C=O) groups is 2. The quantitative estimate of drug-likeness (QED) is 0.161. The zero-order valence-corrected chi connectivity index (χ0v) is 32.4. The van der Waals surface area contributed by atoms with Crippen molar-refractivity contribution >= 4 is 51.2 Å². The van der Waals surface area contributed by atoms with Crippen LogP contribution >= 0.6 is 0 Å². The number of piperidine rings is 2. The molecule has 2 bridgehead atoms. The predicted molar refractivity (Wildman–Crippen MR) is 222 cm³/mol. The average molecular weight is 778 g/mol. The van der Waals surface area contributed by atoms with E-state index in [-0.39, 0.29) is 29.6 Å². The van der Waals surface area contributed by atoms with Crippen LogP contribution in [0.15, 0.2) is 79.3 Å². The van der Waals surface area contributed by atoms with Crippen molar-refractivity contribution in [2.24, 2.45) is 0 Å². The van der Waals surface area contributed by atoms with Gasteiger partial charge in [-0.3, -0.25) is 14.9 Å². The van der Waals surface area contributed by atoms with E-state index in [0.29, 0.717) is 35.8 Å². The van der Waals surface area contributed by atoms with Crippen LogP contribution in [0.25, 0.3) is 33.2 Å². The van der Waals surface area contributed by atoms with Crippen LogP contribution in [-0.4, -0.2) is 96.3 Å². The number of rotatable bonds is 9. The highest BCUT2D eigenvalue weighted by molar-refractivity contribution is 6.09. The number of benzene rings is 2. The summed E-state index contributed by atoms with van der Waals surface area (Å²) in [6.45, 7) is 4.74. The van der Waals surface area contributed by atoms with Gasteiger partial charge < -0.3 is 30.1 Å². The second-order valence-electron chi connectivity index (χ2n) is 16.3. The molecule has 4 N–H and O–H groups in total. The van der Waals surface area contributed by atoms with E-state index in [4.69, 9.17) is 15.7 Å². The summed E-state index contributed by atoms with van der Waals surface area (Å²) >= 11 is 0. The summed E-state index contributed by atoms with van der Waals surface area (Å²) in [6, 6.07) is 19.7. The molecule has 4 aliphatic heterocycles. The van der Waals surface area contributed by atoms with E-state index in [0.717, 1.165) is 105 Å². The van der Waals surface area contributed by atoms with E-state index in [1.807, 2.05) is 28.8 Å². The Kier molecular flexibility index (Phi) is 9.35. The van der Waals surface area contributed by atoms with Crippen molar-refractivity contribution in [3.63, 3.8) is 0 Å². The van der Waals surface area contributed by atoms with Crippen molar-refractivity contribution in [1.82, 2.24) is 39.9 Å². The molecule has 8 heterocycles. The van der Waals surface area contributed by atoms with E-state index >= 15 is 0 Å². The first-order valence-electron chi connectivity index (χ1n) is 20.6. The highest BCUT2D eigenvalue weighted by Gasteiger charge is 2.42. The smallest absolute Gasteiger partial charge is 0.249 e. The second kappa shape index (κ2) is 15.0. The van der Waals surface area contributed by atoms with Gasteiger partial charge in [0.15, 0.2) is 5.82 Å². The Morgan fingerprint density at radius 1 is 0.845 bits per heavy atom. The minimum absolute atomic E-state index is 0.167. The number of carbonyl (C=O) groups excluding carboxylic acids is 2. The highest BCUT2D eigenvalue weighted by atomic mass is 16.3. The Hall–Kier alpha value is -6.15. The topological polar surface area (TPSA) is 172 Å². The molecule has 10 rings (SSSR count). The van der Waals surface area contributed by atoms with E-state index in [1.165, 1.54) is 11.1 Å². The number of aromatic hydroxyl groups is 1. The Labute approximate surface area is 336 Å². The van der Waals surface area contributed by atoms with Crippen LogP contribution in [0.1, 0.15) is 68.0 Å². The Morgan fingerprint density at radius 3 is 2.41 bits per heavy atom. The number of amides is 2. The van der Waals surface area contributed by atoms with Gasteiger partial charge in [-0.25, -0.2) is 15.0 Å². The van der Waals surface area contributed by atoms with E-state index in [1.54, 1.807) is 18.3 Å². The molecule has 0 saturated carbocycles. The van der Waals surface area contributed by atoms with E-state index in [9.17, 15) is 14.7 Å². The largest absolute Gasteiger partial charge is 0.507 e. The maximum absolute atomic E-state index is 12.8. The van der Waals surface area contributed by atoms with Crippen LogP contribution in [-0.2, 0) is 16.0 Å². The molecule has 0 radical (unpaired) electrons. The lowest BCUT2D eigenvalue weighted by Gasteiger charge is -2.42. The number of fused-ring (bicyclic) bond motifs is 5. The number of hydrogen-bond acceptors (Lipinski definition) is 12. The molecule has 6 aromatic rings. The molecule has 4 fully saturated rings. The highest BCUT2D eigenvalue weighted by Crippen LogP contribution is 2.39. The Balaban J connectivity index is 0.738. The minimum atomic E-state index is -0.451. The van der Waals surface area contributed by atoms with Gasteiger partial charge in [0.25, 0.3) is 0 Å². The third-order valence-electron chi connectivity index (χ3n) is 12.8. The predicted octanol–water partition coefficient (Wildman–Crippen LogP) is 5.37. The molecule has 3 atom stereocenters. The molecule has 2 aromatic carbocycles. The molecular formula is C44H47N11O3. The number of para-hydroxylation sites is 1. The summed E-state index contributed by atoms with van der Waals surface area (Å²) in [4.78, 5) is 46.5. The number of nitrogens with zero attached hydrogens (tertiary/aromatic N) is 9. The maximum Gasteiger partial charge on any atom is 0.249 e. The second-order valence-corrected chi connectivity index (χ2v) is 16.3. The first kappa shape index (κ1) is 36.2. The van der Waals surface area contributed by atoms with E-state index in [2.05, 4.69) is 71.9 Å². The molecule has 3 unspecified atom stereocenters. The molecule has 4 aliphatic rings. The van der Waals surface area contributed by atoms with Crippen LogP contribution in [0.5, 0.6) is 5.75 Å². The number of pyridine rings is 1. The summed E-state index contributed by atoms with van der Waals surface area (Å²) in [7, 11) is 0. The van der Waals surface area contributed by atoms with Gasteiger partial charge in [0.05, 0.1) is 16.9 Å². The van der Waals surface area contributed by atoms with Crippen LogP contribution in [0.2, 0.25) is 0 Å². The number of piperazine rings is 1. The fourth-order valence-electron chi connectivity index (χ4n) is 9.89. The monoisotopic (exact) mass is 777 g/mol. The number of nitrogen functional groups attached to an aromatic ring is 1. The van der Waals surface area contributed by atoms with Crippen molar-refractivity contribution in [3.8, 4) is 17.0 Å². The molecule has 14 nitrogen and oxygen atoms in total.